The zero-order chi connectivity index (χ0) is 19.5. The molecule has 0 aliphatic rings. The van der Waals surface area contributed by atoms with Gasteiger partial charge in [-0.25, -0.2) is 14.4 Å². The number of hydrogen-bond acceptors (Lipinski definition) is 4. The van der Waals surface area contributed by atoms with Crippen LogP contribution in [0, 0.1) is 5.82 Å². The van der Waals surface area contributed by atoms with E-state index in [-0.39, 0.29) is 18.1 Å². The average Bonchev–Trinajstić information content (AvgIpc) is 3.30. The van der Waals surface area contributed by atoms with Crippen molar-refractivity contribution in [2.45, 2.75) is 26.3 Å². The number of anilines is 1. The first-order valence-corrected chi connectivity index (χ1v) is 9.10. The van der Waals surface area contributed by atoms with Gasteiger partial charge in [0.15, 0.2) is 11.7 Å². The van der Waals surface area contributed by atoms with Gasteiger partial charge in [-0.1, -0.05) is 24.3 Å². The van der Waals surface area contributed by atoms with Gasteiger partial charge in [0.1, 0.15) is 5.82 Å². The maximum Gasteiger partial charge on any atom is 0.227 e. The van der Waals surface area contributed by atoms with E-state index in [9.17, 15) is 9.18 Å². The lowest BCUT2D eigenvalue weighted by atomic mass is 10.2. The van der Waals surface area contributed by atoms with E-state index in [0.29, 0.717) is 36.1 Å². The number of fused-ring (bicyclic) bond motifs is 1. The van der Waals surface area contributed by atoms with Gasteiger partial charge in [0.05, 0.1) is 22.8 Å². The largest absolute Gasteiger partial charge is 0.441 e. The third-order valence-corrected chi connectivity index (χ3v) is 4.48. The van der Waals surface area contributed by atoms with Gasteiger partial charge < -0.3 is 8.98 Å². The minimum atomic E-state index is -0.374. The molecule has 0 fully saturated rings. The maximum atomic E-state index is 13.8. The number of nitrogens with zero attached hydrogens (tertiary/aromatic N) is 3. The number of hydrogen-bond donors (Lipinski definition) is 1. The van der Waals surface area contributed by atoms with Crippen molar-refractivity contribution < 1.29 is 13.6 Å². The molecule has 0 radical (unpaired) electrons. The first kappa shape index (κ1) is 17.9. The summed E-state index contributed by atoms with van der Waals surface area (Å²) in [6, 6.07) is 14.1. The molecule has 0 saturated heterocycles. The zero-order valence-electron chi connectivity index (χ0n) is 15.4. The lowest BCUT2D eigenvalue weighted by molar-refractivity contribution is -0.116. The molecule has 2 heterocycles. The number of oxazole rings is 1. The summed E-state index contributed by atoms with van der Waals surface area (Å²) in [6.45, 7) is 2.70. The van der Waals surface area contributed by atoms with E-state index in [4.69, 9.17) is 4.42 Å². The summed E-state index contributed by atoms with van der Waals surface area (Å²) in [4.78, 5) is 21.0. The summed E-state index contributed by atoms with van der Waals surface area (Å²) in [5.74, 6) is 0.698. The molecular weight excluding hydrogens is 359 g/mol. The Kier molecular flexibility index (Phi) is 4.89. The molecule has 0 aliphatic carbocycles. The number of imidazole rings is 1. The van der Waals surface area contributed by atoms with Crippen LogP contribution in [0.5, 0.6) is 0 Å². The lowest BCUT2D eigenvalue weighted by Crippen LogP contribution is -2.16. The second-order valence-corrected chi connectivity index (χ2v) is 6.31. The molecule has 0 aliphatic heterocycles. The van der Waals surface area contributed by atoms with E-state index in [0.717, 1.165) is 11.0 Å². The molecule has 0 bridgehead atoms. The van der Waals surface area contributed by atoms with E-state index < -0.39 is 0 Å². The van der Waals surface area contributed by atoms with E-state index in [1.165, 1.54) is 12.3 Å². The van der Waals surface area contributed by atoms with Crippen molar-refractivity contribution in [3.05, 3.63) is 66.4 Å². The molecule has 2 aromatic heterocycles. The highest BCUT2D eigenvalue weighted by Crippen LogP contribution is 2.24. The monoisotopic (exact) mass is 378 g/mol. The summed E-state index contributed by atoms with van der Waals surface area (Å²) >= 11 is 0. The highest BCUT2D eigenvalue weighted by atomic mass is 19.1. The average molecular weight is 378 g/mol. The SMILES string of the molecule is CCn1c(NC(=O)CCc2ncc(-c3ccccc3F)o2)nc2ccccc21. The Morgan fingerprint density at radius 1 is 1.18 bits per heavy atom. The number of amides is 1. The predicted octanol–water partition coefficient (Wildman–Crippen LogP) is 4.42. The van der Waals surface area contributed by atoms with Gasteiger partial charge in [0, 0.05) is 19.4 Å². The zero-order valence-corrected chi connectivity index (χ0v) is 15.4. The summed E-state index contributed by atoms with van der Waals surface area (Å²) < 4.78 is 21.4. The van der Waals surface area contributed by atoms with Crippen molar-refractivity contribution >= 4 is 22.9 Å². The van der Waals surface area contributed by atoms with E-state index in [1.54, 1.807) is 18.2 Å². The number of aryl methyl sites for hydroxylation is 2. The van der Waals surface area contributed by atoms with Crippen LogP contribution in [0.4, 0.5) is 10.3 Å². The topological polar surface area (TPSA) is 73.0 Å². The Hall–Kier alpha value is -3.48. The summed E-state index contributed by atoms with van der Waals surface area (Å²) in [5.41, 5.74) is 2.16. The number of para-hydroxylation sites is 2. The van der Waals surface area contributed by atoms with Gasteiger partial charge in [0.2, 0.25) is 11.9 Å². The molecule has 142 valence electrons. The number of rotatable bonds is 6. The Labute approximate surface area is 161 Å². The van der Waals surface area contributed by atoms with Crippen LogP contribution in [0.15, 0.2) is 59.1 Å². The van der Waals surface area contributed by atoms with Gasteiger partial charge in [-0.15, -0.1) is 0 Å². The fourth-order valence-corrected chi connectivity index (χ4v) is 3.11. The molecular formula is C21H19FN4O2. The number of carbonyl (C=O) groups excluding carboxylic acids is 1. The number of nitrogens with one attached hydrogen (secondary N) is 1. The third kappa shape index (κ3) is 3.51. The Morgan fingerprint density at radius 2 is 1.96 bits per heavy atom. The van der Waals surface area contributed by atoms with Crippen LogP contribution in [0.3, 0.4) is 0 Å². The maximum absolute atomic E-state index is 13.8. The standard InChI is InChI=1S/C21H19FN4O2/c1-2-26-17-10-6-5-9-16(17)24-21(26)25-19(27)11-12-20-23-13-18(28-20)14-7-3-4-8-15(14)22/h3-10,13H,2,11-12H2,1H3,(H,24,25,27). The smallest absolute Gasteiger partial charge is 0.227 e. The van der Waals surface area contributed by atoms with Crippen LogP contribution in [-0.2, 0) is 17.8 Å². The molecule has 1 N–H and O–H groups in total. The number of aromatic nitrogens is 3. The van der Waals surface area contributed by atoms with Crippen molar-refractivity contribution in [3.8, 4) is 11.3 Å². The second-order valence-electron chi connectivity index (χ2n) is 6.31. The molecule has 4 rings (SSSR count). The quantitative estimate of drug-likeness (QED) is 0.539. The normalized spacial score (nSPS) is 11.1. The van der Waals surface area contributed by atoms with Gasteiger partial charge in [-0.3, -0.25) is 10.1 Å². The molecule has 0 spiro atoms. The van der Waals surface area contributed by atoms with Gasteiger partial charge in [-0.2, -0.15) is 0 Å². The first-order chi connectivity index (χ1) is 13.7. The molecule has 4 aromatic rings. The minimum absolute atomic E-state index is 0.185. The first-order valence-electron chi connectivity index (χ1n) is 9.10. The summed E-state index contributed by atoms with van der Waals surface area (Å²) in [7, 11) is 0. The third-order valence-electron chi connectivity index (χ3n) is 4.48. The van der Waals surface area contributed by atoms with E-state index >= 15 is 0 Å². The van der Waals surface area contributed by atoms with Crippen LogP contribution >= 0.6 is 0 Å². The predicted molar refractivity (Wildman–Crippen MR) is 104 cm³/mol. The highest BCUT2D eigenvalue weighted by Gasteiger charge is 2.14. The number of carbonyl (C=O) groups is 1. The van der Waals surface area contributed by atoms with Crippen molar-refractivity contribution in [3.63, 3.8) is 0 Å². The molecule has 0 unspecified atom stereocenters. The van der Waals surface area contributed by atoms with Gasteiger partial charge in [0.25, 0.3) is 0 Å². The van der Waals surface area contributed by atoms with Gasteiger partial charge in [-0.05, 0) is 31.2 Å². The molecule has 28 heavy (non-hydrogen) atoms. The van der Waals surface area contributed by atoms with Crippen molar-refractivity contribution in [1.29, 1.82) is 0 Å². The molecule has 0 saturated carbocycles. The fraction of sp³-hybridized carbons (Fsp3) is 0.190. The van der Waals surface area contributed by atoms with Crippen molar-refractivity contribution in [2.75, 3.05) is 5.32 Å². The molecule has 2 aromatic carbocycles. The van der Waals surface area contributed by atoms with Crippen LogP contribution in [-0.4, -0.2) is 20.4 Å². The van der Waals surface area contributed by atoms with Crippen molar-refractivity contribution in [2.24, 2.45) is 0 Å². The second kappa shape index (κ2) is 7.64. The summed E-state index contributed by atoms with van der Waals surface area (Å²) in [6.07, 6.45) is 1.97. The molecule has 0 atom stereocenters. The van der Waals surface area contributed by atoms with Crippen LogP contribution in [0.1, 0.15) is 19.2 Å². The van der Waals surface area contributed by atoms with Gasteiger partial charge >= 0.3 is 0 Å². The lowest BCUT2D eigenvalue weighted by Gasteiger charge is -2.07. The van der Waals surface area contributed by atoms with Crippen molar-refractivity contribution in [1.82, 2.24) is 14.5 Å². The number of benzene rings is 2. The minimum Gasteiger partial charge on any atom is -0.441 e. The molecule has 7 heteroatoms. The summed E-state index contributed by atoms with van der Waals surface area (Å²) in [5, 5.41) is 2.85. The Balaban J connectivity index is 1.42. The van der Waals surface area contributed by atoms with Crippen LogP contribution in [0.25, 0.3) is 22.4 Å². The van der Waals surface area contributed by atoms with E-state index in [2.05, 4.69) is 15.3 Å². The van der Waals surface area contributed by atoms with Crippen LogP contribution < -0.4 is 5.32 Å². The van der Waals surface area contributed by atoms with Crippen LogP contribution in [0.2, 0.25) is 0 Å². The number of halogens is 1. The Morgan fingerprint density at radius 3 is 2.79 bits per heavy atom. The highest BCUT2D eigenvalue weighted by molar-refractivity contribution is 5.91. The molecule has 1 amide bonds. The fourth-order valence-electron chi connectivity index (χ4n) is 3.11. The Bertz CT molecular complexity index is 1130. The molecule has 6 nitrogen and oxygen atoms in total. The van der Waals surface area contributed by atoms with E-state index in [1.807, 2.05) is 35.8 Å².